The minimum Gasteiger partial charge on any atom is -0.480 e. The van der Waals surface area contributed by atoms with Gasteiger partial charge in [0.15, 0.2) is 5.76 Å². The molecule has 0 saturated heterocycles. The van der Waals surface area contributed by atoms with Gasteiger partial charge in [-0.05, 0) is 55.2 Å². The molecule has 0 fully saturated rings. The van der Waals surface area contributed by atoms with Crippen LogP contribution >= 0.6 is 0 Å². The maximum Gasteiger partial charge on any atom is 0.407 e. The highest BCUT2D eigenvalue weighted by Crippen LogP contribution is 2.44. The van der Waals surface area contributed by atoms with Crippen LogP contribution in [0.5, 0.6) is 0 Å². The van der Waals surface area contributed by atoms with E-state index in [9.17, 15) is 14.4 Å². The summed E-state index contributed by atoms with van der Waals surface area (Å²) in [6, 6.07) is 19.2. The summed E-state index contributed by atoms with van der Waals surface area (Å²) in [4.78, 5) is 37.6. The summed E-state index contributed by atoms with van der Waals surface area (Å²) in [6.45, 7) is 5.01. The Kier molecular flexibility index (Phi) is 6.64. The van der Waals surface area contributed by atoms with Gasteiger partial charge in [-0.3, -0.25) is 9.59 Å². The van der Waals surface area contributed by atoms with Gasteiger partial charge in [-0.25, -0.2) is 4.79 Å². The molecule has 2 amide bonds. The highest BCUT2D eigenvalue weighted by molar-refractivity contribution is 5.94. The fraction of sp³-hybridized carbons (Fsp3) is 0.296. The van der Waals surface area contributed by atoms with Gasteiger partial charge in [-0.2, -0.15) is 0 Å². The molecule has 0 unspecified atom stereocenters. The smallest absolute Gasteiger partial charge is 0.407 e. The molecule has 0 spiro atoms. The summed E-state index contributed by atoms with van der Waals surface area (Å²) < 4.78 is 11.1. The Labute approximate surface area is 203 Å². The number of hydrogen-bond donors (Lipinski definition) is 2. The molecule has 2 aromatic carbocycles. The topological polar surface area (TPSA) is 109 Å². The Bertz CT molecular complexity index is 1210. The van der Waals surface area contributed by atoms with Crippen molar-refractivity contribution in [2.75, 3.05) is 13.2 Å². The predicted octanol–water partition coefficient (Wildman–Crippen LogP) is 4.64. The van der Waals surface area contributed by atoms with E-state index < -0.39 is 30.1 Å². The molecule has 0 radical (unpaired) electrons. The number of amides is 2. The van der Waals surface area contributed by atoms with Crippen LogP contribution < -0.4 is 5.32 Å². The molecule has 8 nitrogen and oxygen atoms in total. The van der Waals surface area contributed by atoms with E-state index in [0.717, 1.165) is 22.3 Å². The Morgan fingerprint density at radius 2 is 1.57 bits per heavy atom. The van der Waals surface area contributed by atoms with E-state index in [2.05, 4.69) is 17.4 Å². The SMILES string of the molecule is CC(C)(C)N(CC(=O)O)C(=O)c1ccc(CNC(=O)OCC2c3ccccc3-c3ccccc32)o1. The number of aliphatic carboxylic acids is 1. The standard InChI is InChI=1S/C27H28N2O6/c1-27(2,3)29(15-24(30)31)25(32)23-13-12-17(35-23)14-28-26(33)34-16-22-20-10-6-4-8-18(20)19-9-5-7-11-21(19)22/h4-13,22H,14-16H2,1-3H3,(H,28,33)(H,30,31). The second-order valence-corrected chi connectivity index (χ2v) is 9.40. The van der Waals surface area contributed by atoms with Gasteiger partial charge in [0.2, 0.25) is 0 Å². The molecule has 8 heteroatoms. The first-order valence-corrected chi connectivity index (χ1v) is 11.4. The summed E-state index contributed by atoms with van der Waals surface area (Å²) in [6.07, 6.45) is -0.599. The lowest BCUT2D eigenvalue weighted by molar-refractivity contribution is -0.138. The number of fused-ring (bicyclic) bond motifs is 3. The maximum absolute atomic E-state index is 12.8. The third-order valence-electron chi connectivity index (χ3n) is 5.97. The monoisotopic (exact) mass is 476 g/mol. The summed E-state index contributed by atoms with van der Waals surface area (Å²) in [5, 5.41) is 11.8. The van der Waals surface area contributed by atoms with Crippen LogP contribution in [0.3, 0.4) is 0 Å². The predicted molar refractivity (Wildman–Crippen MR) is 129 cm³/mol. The van der Waals surface area contributed by atoms with E-state index >= 15 is 0 Å². The molecule has 1 aromatic heterocycles. The molecular weight excluding hydrogens is 448 g/mol. The molecule has 35 heavy (non-hydrogen) atoms. The molecule has 1 aliphatic carbocycles. The van der Waals surface area contributed by atoms with Gasteiger partial charge < -0.3 is 24.5 Å². The quantitative estimate of drug-likeness (QED) is 0.514. The van der Waals surface area contributed by atoms with Gasteiger partial charge in [0.1, 0.15) is 18.9 Å². The van der Waals surface area contributed by atoms with Gasteiger partial charge >= 0.3 is 12.1 Å². The Morgan fingerprint density at radius 1 is 0.971 bits per heavy atom. The van der Waals surface area contributed by atoms with Gasteiger partial charge in [0.05, 0.1) is 6.54 Å². The summed E-state index contributed by atoms with van der Waals surface area (Å²) >= 11 is 0. The number of nitrogens with zero attached hydrogens (tertiary/aromatic N) is 1. The van der Waals surface area contributed by atoms with Gasteiger partial charge in [0, 0.05) is 11.5 Å². The van der Waals surface area contributed by atoms with E-state index in [1.54, 1.807) is 26.8 Å². The first-order valence-electron chi connectivity index (χ1n) is 11.4. The Hall–Kier alpha value is -4.07. The lowest BCUT2D eigenvalue weighted by Gasteiger charge is -2.33. The fourth-order valence-electron chi connectivity index (χ4n) is 4.28. The Balaban J connectivity index is 1.35. The van der Waals surface area contributed by atoms with Crippen molar-refractivity contribution < 1.29 is 28.6 Å². The number of rotatable bonds is 7. The summed E-state index contributed by atoms with van der Waals surface area (Å²) in [5.74, 6) is -1.33. The number of carboxylic acid groups (broad SMARTS) is 1. The third-order valence-corrected chi connectivity index (χ3v) is 5.97. The van der Waals surface area contributed by atoms with Crippen LogP contribution in [-0.4, -0.2) is 46.7 Å². The molecular formula is C27H28N2O6. The second-order valence-electron chi connectivity index (χ2n) is 9.40. The molecule has 1 aliphatic rings. The highest BCUT2D eigenvalue weighted by atomic mass is 16.5. The number of alkyl carbamates (subject to hydrolysis) is 1. The van der Waals surface area contributed by atoms with Crippen LogP contribution in [0.4, 0.5) is 4.79 Å². The molecule has 0 aliphatic heterocycles. The zero-order valence-corrected chi connectivity index (χ0v) is 19.9. The van der Waals surface area contributed by atoms with Gasteiger partial charge in [0.25, 0.3) is 5.91 Å². The molecule has 2 N–H and O–H groups in total. The maximum atomic E-state index is 12.8. The summed E-state index contributed by atoms with van der Waals surface area (Å²) in [5.41, 5.74) is 3.84. The van der Waals surface area contributed by atoms with Crippen LogP contribution in [0.15, 0.2) is 65.1 Å². The zero-order chi connectivity index (χ0) is 25.2. The minimum absolute atomic E-state index is 0.00510. The zero-order valence-electron chi connectivity index (χ0n) is 19.9. The van der Waals surface area contributed by atoms with Crippen LogP contribution in [0.1, 0.15) is 54.1 Å². The van der Waals surface area contributed by atoms with Gasteiger partial charge in [-0.15, -0.1) is 0 Å². The molecule has 182 valence electrons. The number of furan rings is 1. The number of benzene rings is 2. The van der Waals surface area contributed by atoms with Crippen LogP contribution in [0.2, 0.25) is 0 Å². The first kappa shape index (κ1) is 24.1. The van der Waals surface area contributed by atoms with Crippen molar-refractivity contribution in [3.63, 3.8) is 0 Å². The minimum atomic E-state index is -1.11. The number of carbonyl (C=O) groups excluding carboxylic acids is 2. The third kappa shape index (κ3) is 5.21. The normalized spacial score (nSPS) is 12.5. The molecule has 4 rings (SSSR count). The average molecular weight is 477 g/mol. The van der Waals surface area contributed by atoms with Crippen LogP contribution in [0.25, 0.3) is 11.1 Å². The largest absolute Gasteiger partial charge is 0.480 e. The average Bonchev–Trinajstić information content (AvgIpc) is 3.42. The first-order chi connectivity index (χ1) is 16.6. The van der Waals surface area contributed by atoms with Crippen LogP contribution in [-0.2, 0) is 16.1 Å². The van der Waals surface area contributed by atoms with Crippen molar-refractivity contribution in [1.29, 1.82) is 0 Å². The number of nitrogens with one attached hydrogen (secondary N) is 1. The van der Waals surface area contributed by atoms with Crippen molar-refractivity contribution in [2.45, 2.75) is 38.8 Å². The number of hydrogen-bond acceptors (Lipinski definition) is 5. The second kappa shape index (κ2) is 9.66. The molecule has 0 bridgehead atoms. The lowest BCUT2D eigenvalue weighted by atomic mass is 9.98. The van der Waals surface area contributed by atoms with Gasteiger partial charge in [-0.1, -0.05) is 48.5 Å². The van der Waals surface area contributed by atoms with Crippen molar-refractivity contribution in [1.82, 2.24) is 10.2 Å². The fourth-order valence-corrected chi connectivity index (χ4v) is 4.28. The molecule has 0 saturated carbocycles. The van der Waals surface area contributed by atoms with E-state index in [1.807, 2.05) is 36.4 Å². The van der Waals surface area contributed by atoms with Crippen molar-refractivity contribution in [2.24, 2.45) is 0 Å². The molecule has 1 heterocycles. The summed E-state index contributed by atoms with van der Waals surface area (Å²) in [7, 11) is 0. The highest BCUT2D eigenvalue weighted by Gasteiger charge is 2.31. The molecule has 3 aromatic rings. The van der Waals surface area contributed by atoms with E-state index in [-0.39, 0.29) is 24.8 Å². The van der Waals surface area contributed by atoms with E-state index in [0.29, 0.717) is 5.76 Å². The van der Waals surface area contributed by atoms with Crippen LogP contribution in [0, 0.1) is 0 Å². The van der Waals surface area contributed by atoms with Crippen molar-refractivity contribution in [3.8, 4) is 11.1 Å². The van der Waals surface area contributed by atoms with Crippen molar-refractivity contribution in [3.05, 3.63) is 83.3 Å². The Morgan fingerprint density at radius 3 is 2.14 bits per heavy atom. The number of carbonyl (C=O) groups is 3. The number of ether oxygens (including phenoxy) is 1. The molecule has 0 atom stereocenters. The lowest BCUT2D eigenvalue weighted by Crippen LogP contribution is -2.48. The van der Waals surface area contributed by atoms with E-state index in [1.165, 1.54) is 11.0 Å². The number of carboxylic acids is 1. The van der Waals surface area contributed by atoms with Crippen molar-refractivity contribution >= 4 is 18.0 Å². The van der Waals surface area contributed by atoms with E-state index in [4.69, 9.17) is 14.3 Å².